The van der Waals surface area contributed by atoms with Crippen molar-refractivity contribution < 1.29 is 4.79 Å². The number of amides is 1. The van der Waals surface area contributed by atoms with E-state index in [1.54, 1.807) is 0 Å². The number of aliphatic imine (C=N–C) groups is 1. The van der Waals surface area contributed by atoms with Gasteiger partial charge >= 0.3 is 0 Å². The molecule has 2 rings (SSSR count). The minimum absolute atomic E-state index is 0.0720. The molecule has 25 heavy (non-hydrogen) atoms. The van der Waals surface area contributed by atoms with Crippen LogP contribution in [-0.2, 0) is 6.42 Å². The normalized spacial score (nSPS) is 15.0. The number of nitrogens with zero attached hydrogens (tertiary/aromatic N) is 1. The molecule has 0 radical (unpaired) electrons. The Morgan fingerprint density at radius 3 is 2.40 bits per heavy atom. The number of carbonyl (C=O) groups is 1. The van der Waals surface area contributed by atoms with Gasteiger partial charge < -0.3 is 11.5 Å². The summed E-state index contributed by atoms with van der Waals surface area (Å²) in [4.78, 5) is 18.1. The van der Waals surface area contributed by atoms with Gasteiger partial charge in [-0.2, -0.15) is 0 Å². The SMILES string of the molecule is CC(C)=C/C=C(\C)C1=NC(C(C)(C)C)=CCc2sc(C(N)=O)c(N)c21. The summed E-state index contributed by atoms with van der Waals surface area (Å²) in [7, 11) is 0. The highest BCUT2D eigenvalue weighted by molar-refractivity contribution is 7.15. The Hall–Kier alpha value is -2.14. The van der Waals surface area contributed by atoms with Crippen LogP contribution in [0.3, 0.4) is 0 Å². The summed E-state index contributed by atoms with van der Waals surface area (Å²) in [5, 5.41) is 0. The van der Waals surface area contributed by atoms with Crippen LogP contribution in [0.2, 0.25) is 0 Å². The van der Waals surface area contributed by atoms with Gasteiger partial charge in [-0.25, -0.2) is 0 Å². The molecule has 1 aliphatic rings. The third-order valence-electron chi connectivity index (χ3n) is 4.00. The number of fused-ring (bicyclic) bond motifs is 1. The Labute approximate surface area is 154 Å². The van der Waals surface area contributed by atoms with Gasteiger partial charge in [0.15, 0.2) is 0 Å². The predicted molar refractivity (Wildman–Crippen MR) is 108 cm³/mol. The van der Waals surface area contributed by atoms with E-state index in [2.05, 4.69) is 46.8 Å². The van der Waals surface area contributed by atoms with E-state index < -0.39 is 5.91 Å². The number of hydrogen-bond donors (Lipinski definition) is 2. The molecule has 0 aromatic carbocycles. The van der Waals surface area contributed by atoms with Gasteiger partial charge in [0.05, 0.1) is 11.4 Å². The maximum atomic E-state index is 11.7. The first kappa shape index (κ1) is 19.2. The Morgan fingerprint density at radius 1 is 1.24 bits per heavy atom. The zero-order valence-electron chi connectivity index (χ0n) is 15.9. The van der Waals surface area contributed by atoms with E-state index >= 15 is 0 Å². The van der Waals surface area contributed by atoms with Crippen molar-refractivity contribution in [2.24, 2.45) is 16.1 Å². The molecule has 0 unspecified atom stereocenters. The van der Waals surface area contributed by atoms with Gasteiger partial charge in [0.25, 0.3) is 5.91 Å². The van der Waals surface area contributed by atoms with Crippen molar-refractivity contribution in [3.05, 3.63) is 50.4 Å². The Balaban J connectivity index is 2.72. The Morgan fingerprint density at radius 2 is 1.88 bits per heavy atom. The molecule has 0 saturated carbocycles. The van der Waals surface area contributed by atoms with E-state index in [4.69, 9.17) is 16.5 Å². The zero-order valence-corrected chi connectivity index (χ0v) is 16.7. The largest absolute Gasteiger partial charge is 0.397 e. The lowest BCUT2D eigenvalue weighted by Gasteiger charge is -2.20. The van der Waals surface area contributed by atoms with Crippen molar-refractivity contribution in [3.63, 3.8) is 0 Å². The number of nitrogen functional groups attached to an aromatic ring is 1. The average Bonchev–Trinajstić information content (AvgIpc) is 2.69. The summed E-state index contributed by atoms with van der Waals surface area (Å²) < 4.78 is 0. The summed E-state index contributed by atoms with van der Waals surface area (Å²) >= 11 is 1.37. The van der Waals surface area contributed by atoms with Crippen LogP contribution in [0.4, 0.5) is 5.69 Å². The molecule has 4 N–H and O–H groups in total. The number of rotatable bonds is 3. The van der Waals surface area contributed by atoms with Crippen LogP contribution in [0.5, 0.6) is 0 Å². The fourth-order valence-electron chi connectivity index (χ4n) is 2.62. The molecule has 134 valence electrons. The second-order valence-corrected chi connectivity index (χ2v) is 8.71. The van der Waals surface area contributed by atoms with E-state index in [0.717, 1.165) is 27.4 Å². The molecular formula is C20H27N3OS. The monoisotopic (exact) mass is 357 g/mol. The van der Waals surface area contributed by atoms with Crippen molar-refractivity contribution in [1.29, 1.82) is 0 Å². The highest BCUT2D eigenvalue weighted by Crippen LogP contribution is 2.38. The first-order valence-corrected chi connectivity index (χ1v) is 9.16. The molecule has 0 aliphatic carbocycles. The zero-order chi connectivity index (χ0) is 18.9. The van der Waals surface area contributed by atoms with Crippen molar-refractivity contribution in [2.45, 2.75) is 48.0 Å². The van der Waals surface area contributed by atoms with Crippen LogP contribution in [0.15, 0.2) is 40.1 Å². The lowest BCUT2D eigenvalue weighted by molar-refractivity contribution is 0.100. The van der Waals surface area contributed by atoms with E-state index in [9.17, 15) is 4.79 Å². The Kier molecular flexibility index (Phi) is 5.37. The molecular weight excluding hydrogens is 330 g/mol. The molecule has 1 aromatic rings. The molecule has 1 amide bonds. The standard InChI is InChI=1S/C20H27N3OS/c1-11(2)7-8-12(3)17-15-13(25-18(16(15)21)19(22)24)9-10-14(23-17)20(4,5)6/h7-8,10H,9,21H2,1-6H3,(H2,22,24)/b12-8+. The number of hydrogen-bond acceptors (Lipinski definition) is 4. The third-order valence-corrected chi connectivity index (χ3v) is 5.24. The summed E-state index contributed by atoms with van der Waals surface area (Å²) in [5.74, 6) is -0.485. The predicted octanol–water partition coefficient (Wildman–Crippen LogP) is 4.62. The molecule has 2 heterocycles. The van der Waals surface area contributed by atoms with E-state index in [1.807, 2.05) is 13.0 Å². The van der Waals surface area contributed by atoms with Crippen molar-refractivity contribution in [3.8, 4) is 0 Å². The summed E-state index contributed by atoms with van der Waals surface area (Å²) in [6.45, 7) is 12.6. The molecule has 0 spiro atoms. The van der Waals surface area contributed by atoms with Gasteiger partial charge in [-0.15, -0.1) is 11.3 Å². The third kappa shape index (κ3) is 4.10. The number of allylic oxidation sites excluding steroid dienone is 6. The molecule has 4 nitrogen and oxygen atoms in total. The minimum Gasteiger partial charge on any atom is -0.397 e. The number of anilines is 1. The van der Waals surface area contributed by atoms with E-state index in [0.29, 0.717) is 17.0 Å². The van der Waals surface area contributed by atoms with Gasteiger partial charge in [0, 0.05) is 28.0 Å². The molecule has 0 atom stereocenters. The van der Waals surface area contributed by atoms with Crippen LogP contribution in [0.25, 0.3) is 0 Å². The van der Waals surface area contributed by atoms with Crippen molar-refractivity contribution in [1.82, 2.24) is 0 Å². The fourth-order valence-corrected chi connectivity index (χ4v) is 3.65. The summed E-state index contributed by atoms with van der Waals surface area (Å²) in [6.07, 6.45) is 6.93. The minimum atomic E-state index is -0.485. The lowest BCUT2D eigenvalue weighted by atomic mass is 9.91. The number of thiophene rings is 1. The van der Waals surface area contributed by atoms with Crippen LogP contribution < -0.4 is 11.5 Å². The molecule has 0 bridgehead atoms. The summed E-state index contributed by atoms with van der Waals surface area (Å²) in [5.41, 5.74) is 17.1. The van der Waals surface area contributed by atoms with E-state index in [1.165, 1.54) is 16.9 Å². The number of primary amides is 1. The maximum absolute atomic E-state index is 11.7. The quantitative estimate of drug-likeness (QED) is 0.774. The molecule has 1 aliphatic heterocycles. The van der Waals surface area contributed by atoms with Gasteiger partial charge in [0.2, 0.25) is 0 Å². The lowest BCUT2D eigenvalue weighted by Crippen LogP contribution is -2.14. The van der Waals surface area contributed by atoms with Gasteiger partial charge in [-0.3, -0.25) is 9.79 Å². The van der Waals surface area contributed by atoms with Crippen molar-refractivity contribution >= 4 is 28.6 Å². The van der Waals surface area contributed by atoms with Crippen LogP contribution in [0, 0.1) is 5.41 Å². The van der Waals surface area contributed by atoms with Crippen molar-refractivity contribution in [2.75, 3.05) is 5.73 Å². The van der Waals surface area contributed by atoms with Crippen LogP contribution in [-0.4, -0.2) is 11.6 Å². The maximum Gasteiger partial charge on any atom is 0.260 e. The summed E-state index contributed by atoms with van der Waals surface area (Å²) in [6, 6.07) is 0. The number of nitrogens with two attached hydrogens (primary N) is 2. The van der Waals surface area contributed by atoms with Crippen LogP contribution >= 0.6 is 11.3 Å². The smallest absolute Gasteiger partial charge is 0.260 e. The van der Waals surface area contributed by atoms with Gasteiger partial charge in [-0.05, 0) is 26.3 Å². The Bertz CT molecular complexity index is 826. The van der Waals surface area contributed by atoms with Gasteiger partial charge in [-0.1, -0.05) is 44.6 Å². The first-order chi connectivity index (χ1) is 11.5. The molecule has 0 fully saturated rings. The molecule has 0 saturated heterocycles. The highest BCUT2D eigenvalue weighted by atomic mass is 32.1. The topological polar surface area (TPSA) is 81.5 Å². The molecule has 1 aromatic heterocycles. The number of carbonyl (C=O) groups excluding carboxylic acids is 1. The average molecular weight is 358 g/mol. The van der Waals surface area contributed by atoms with Crippen LogP contribution in [0.1, 0.15) is 61.7 Å². The van der Waals surface area contributed by atoms with E-state index in [-0.39, 0.29) is 5.41 Å². The van der Waals surface area contributed by atoms with Gasteiger partial charge in [0.1, 0.15) is 4.88 Å². The molecule has 5 heteroatoms. The second kappa shape index (κ2) is 7.00. The second-order valence-electron chi connectivity index (χ2n) is 7.60. The first-order valence-electron chi connectivity index (χ1n) is 8.35. The highest BCUT2D eigenvalue weighted by Gasteiger charge is 2.27. The fraction of sp³-hybridized carbons (Fsp3) is 0.400.